The fourth-order valence-electron chi connectivity index (χ4n) is 1.20. The first kappa shape index (κ1) is 12.8. The molecule has 0 radical (unpaired) electrons. The highest BCUT2D eigenvalue weighted by atomic mass is 28.3. The molecular formula is C14H18OSi. The third-order valence-electron chi connectivity index (χ3n) is 1.95. The lowest BCUT2D eigenvalue weighted by atomic mass is 10.1. The molecule has 1 nitrogen and oxygen atoms in total. The predicted molar refractivity (Wildman–Crippen MR) is 72.6 cm³/mol. The lowest BCUT2D eigenvalue weighted by Crippen LogP contribution is -2.16. The van der Waals surface area contributed by atoms with Gasteiger partial charge in [-0.2, -0.15) is 0 Å². The predicted octanol–water partition coefficient (Wildman–Crippen LogP) is 2.94. The molecule has 0 fully saturated rings. The van der Waals surface area contributed by atoms with E-state index < -0.39 is 8.07 Å². The average Bonchev–Trinajstić information content (AvgIpc) is 2.24. The Bertz CT molecular complexity index is 416. The van der Waals surface area contributed by atoms with Crippen LogP contribution in [0.5, 0.6) is 0 Å². The van der Waals surface area contributed by atoms with Gasteiger partial charge >= 0.3 is 0 Å². The summed E-state index contributed by atoms with van der Waals surface area (Å²) in [7, 11) is -1.37. The summed E-state index contributed by atoms with van der Waals surface area (Å²) < 4.78 is 0. The second kappa shape index (κ2) is 5.69. The summed E-state index contributed by atoms with van der Waals surface area (Å²) in [6.07, 6.45) is 1.77. The topological polar surface area (TPSA) is 20.2 Å². The van der Waals surface area contributed by atoms with E-state index >= 15 is 0 Å². The van der Waals surface area contributed by atoms with Crippen molar-refractivity contribution in [1.29, 1.82) is 0 Å². The van der Waals surface area contributed by atoms with Crippen LogP contribution in [0.25, 0.3) is 5.57 Å². The van der Waals surface area contributed by atoms with Crippen LogP contribution in [0.1, 0.15) is 5.56 Å². The molecule has 0 atom stereocenters. The molecule has 0 aliphatic rings. The first-order valence-corrected chi connectivity index (χ1v) is 8.92. The van der Waals surface area contributed by atoms with E-state index in [0.717, 1.165) is 11.1 Å². The summed E-state index contributed by atoms with van der Waals surface area (Å²) in [4.78, 5) is 0. The monoisotopic (exact) mass is 230 g/mol. The van der Waals surface area contributed by atoms with Gasteiger partial charge in [0.2, 0.25) is 0 Å². The Kier molecular flexibility index (Phi) is 4.54. The van der Waals surface area contributed by atoms with Gasteiger partial charge in [0, 0.05) is 5.57 Å². The van der Waals surface area contributed by atoms with E-state index in [0.29, 0.717) is 0 Å². The minimum absolute atomic E-state index is 0.0323. The van der Waals surface area contributed by atoms with Crippen molar-refractivity contribution < 1.29 is 5.11 Å². The van der Waals surface area contributed by atoms with Crippen LogP contribution in [-0.4, -0.2) is 19.8 Å². The maximum Gasteiger partial charge on any atom is 0.129 e. The van der Waals surface area contributed by atoms with Crippen LogP contribution in [-0.2, 0) is 0 Å². The van der Waals surface area contributed by atoms with Crippen LogP contribution in [0, 0.1) is 11.5 Å². The molecule has 0 aromatic heterocycles. The van der Waals surface area contributed by atoms with Crippen LogP contribution in [0.3, 0.4) is 0 Å². The first-order chi connectivity index (χ1) is 7.53. The summed E-state index contributed by atoms with van der Waals surface area (Å²) in [6, 6.07) is 9.97. The van der Waals surface area contributed by atoms with Crippen LogP contribution in [0.4, 0.5) is 0 Å². The van der Waals surface area contributed by atoms with Gasteiger partial charge < -0.3 is 5.11 Å². The summed E-state index contributed by atoms with van der Waals surface area (Å²) in [6.45, 7) is 6.66. The Morgan fingerprint density at radius 2 is 1.88 bits per heavy atom. The Labute approximate surface area is 98.8 Å². The quantitative estimate of drug-likeness (QED) is 0.612. The molecule has 0 saturated heterocycles. The zero-order valence-electron chi connectivity index (χ0n) is 10.1. The number of rotatable bonds is 2. The van der Waals surface area contributed by atoms with Crippen molar-refractivity contribution in [3.05, 3.63) is 42.0 Å². The maximum absolute atomic E-state index is 8.99. The van der Waals surface area contributed by atoms with E-state index in [2.05, 4.69) is 31.1 Å². The summed E-state index contributed by atoms with van der Waals surface area (Å²) in [5.74, 6) is 3.19. The van der Waals surface area contributed by atoms with Crippen molar-refractivity contribution in [1.82, 2.24) is 0 Å². The largest absolute Gasteiger partial charge is 0.392 e. The highest BCUT2D eigenvalue weighted by Crippen LogP contribution is 2.13. The molecule has 16 heavy (non-hydrogen) atoms. The summed E-state index contributed by atoms with van der Waals surface area (Å²) in [5.41, 5.74) is 5.31. The van der Waals surface area contributed by atoms with E-state index in [4.69, 9.17) is 5.11 Å². The molecule has 0 aliphatic carbocycles. The van der Waals surface area contributed by atoms with Crippen LogP contribution < -0.4 is 0 Å². The zero-order chi connectivity index (χ0) is 12.0. The van der Waals surface area contributed by atoms with E-state index in [9.17, 15) is 0 Å². The van der Waals surface area contributed by atoms with Crippen molar-refractivity contribution in [2.75, 3.05) is 6.61 Å². The SMILES string of the molecule is C[Si](C)(C)C#C/C(=C/CO)c1ccccc1. The fourth-order valence-corrected chi connectivity index (χ4v) is 1.71. The molecule has 0 spiro atoms. The van der Waals surface area contributed by atoms with Gasteiger partial charge in [0.1, 0.15) is 8.07 Å². The Hall–Kier alpha value is -1.30. The summed E-state index contributed by atoms with van der Waals surface area (Å²) >= 11 is 0. The number of allylic oxidation sites excluding steroid dienone is 1. The molecule has 1 rings (SSSR count). The van der Waals surface area contributed by atoms with Gasteiger partial charge in [-0.1, -0.05) is 55.9 Å². The second-order valence-electron chi connectivity index (χ2n) is 4.67. The van der Waals surface area contributed by atoms with Crippen molar-refractivity contribution >= 4 is 13.6 Å². The van der Waals surface area contributed by atoms with Gasteiger partial charge in [0.25, 0.3) is 0 Å². The minimum atomic E-state index is -1.37. The molecule has 0 saturated carbocycles. The van der Waals surface area contributed by atoms with Crippen molar-refractivity contribution in [2.45, 2.75) is 19.6 Å². The minimum Gasteiger partial charge on any atom is -0.392 e. The normalized spacial score (nSPS) is 11.9. The van der Waals surface area contributed by atoms with E-state index in [1.165, 1.54) is 0 Å². The van der Waals surface area contributed by atoms with Crippen LogP contribution >= 0.6 is 0 Å². The highest BCUT2D eigenvalue weighted by Gasteiger charge is 2.08. The second-order valence-corrected chi connectivity index (χ2v) is 9.42. The van der Waals surface area contributed by atoms with Crippen molar-refractivity contribution in [3.8, 4) is 11.5 Å². The van der Waals surface area contributed by atoms with E-state index in [-0.39, 0.29) is 6.61 Å². The number of benzene rings is 1. The van der Waals surface area contributed by atoms with Gasteiger partial charge in [0.15, 0.2) is 0 Å². The third-order valence-corrected chi connectivity index (χ3v) is 2.83. The third kappa shape index (κ3) is 4.48. The molecule has 0 amide bonds. The first-order valence-electron chi connectivity index (χ1n) is 5.42. The molecule has 1 aromatic carbocycles. The Morgan fingerprint density at radius 1 is 1.25 bits per heavy atom. The van der Waals surface area contributed by atoms with Crippen molar-refractivity contribution in [2.24, 2.45) is 0 Å². The Morgan fingerprint density at radius 3 is 2.38 bits per heavy atom. The van der Waals surface area contributed by atoms with Gasteiger partial charge in [-0.3, -0.25) is 0 Å². The fraction of sp³-hybridized carbons (Fsp3) is 0.286. The molecule has 2 heteroatoms. The number of aliphatic hydroxyl groups excluding tert-OH is 1. The standard InChI is InChI=1S/C14H18OSi/c1-16(2,3)12-10-14(9-11-15)13-7-5-4-6-8-13/h4-9,15H,11H2,1-3H3/b14-9-. The smallest absolute Gasteiger partial charge is 0.129 e. The van der Waals surface area contributed by atoms with Gasteiger partial charge in [0.05, 0.1) is 6.61 Å². The number of hydrogen-bond donors (Lipinski definition) is 1. The molecular weight excluding hydrogens is 212 g/mol. The molecule has 0 heterocycles. The molecule has 84 valence electrons. The Balaban J connectivity index is 3.02. The van der Waals surface area contributed by atoms with Crippen LogP contribution in [0.2, 0.25) is 19.6 Å². The van der Waals surface area contributed by atoms with Gasteiger partial charge in [-0.25, -0.2) is 0 Å². The van der Waals surface area contributed by atoms with Gasteiger partial charge in [-0.05, 0) is 11.6 Å². The average molecular weight is 230 g/mol. The number of hydrogen-bond acceptors (Lipinski definition) is 1. The summed E-state index contributed by atoms with van der Waals surface area (Å²) in [5, 5.41) is 8.99. The molecule has 0 unspecified atom stereocenters. The maximum atomic E-state index is 8.99. The molecule has 0 aliphatic heterocycles. The number of aliphatic hydroxyl groups is 1. The van der Waals surface area contributed by atoms with Gasteiger partial charge in [-0.15, -0.1) is 5.54 Å². The van der Waals surface area contributed by atoms with E-state index in [1.54, 1.807) is 6.08 Å². The molecule has 1 aromatic rings. The zero-order valence-corrected chi connectivity index (χ0v) is 11.1. The molecule has 1 N–H and O–H groups in total. The van der Waals surface area contributed by atoms with E-state index in [1.807, 2.05) is 30.3 Å². The van der Waals surface area contributed by atoms with Crippen LogP contribution in [0.15, 0.2) is 36.4 Å². The molecule has 0 bridgehead atoms. The van der Waals surface area contributed by atoms with Crippen molar-refractivity contribution in [3.63, 3.8) is 0 Å². The lowest BCUT2D eigenvalue weighted by molar-refractivity contribution is 0.343. The lowest BCUT2D eigenvalue weighted by Gasteiger charge is -2.05. The highest BCUT2D eigenvalue weighted by molar-refractivity contribution is 6.84.